The van der Waals surface area contributed by atoms with Gasteiger partial charge in [-0.15, -0.1) is 0 Å². The maximum absolute atomic E-state index is 11.9. The lowest BCUT2D eigenvalue weighted by Gasteiger charge is -2.24. The van der Waals surface area contributed by atoms with E-state index in [0.717, 1.165) is 0 Å². The first-order chi connectivity index (χ1) is 8.53. The summed E-state index contributed by atoms with van der Waals surface area (Å²) in [5, 5.41) is 11.8. The van der Waals surface area contributed by atoms with Crippen molar-refractivity contribution in [3.63, 3.8) is 0 Å². The summed E-state index contributed by atoms with van der Waals surface area (Å²) in [6, 6.07) is 0. The highest BCUT2D eigenvalue weighted by Crippen LogP contribution is 2.28. The number of carboxylic acid groups (broad SMARTS) is 1. The van der Waals surface area contributed by atoms with Gasteiger partial charge in [0.05, 0.1) is 12.4 Å². The molecule has 0 bridgehead atoms. The van der Waals surface area contributed by atoms with Crippen LogP contribution in [0.4, 0.5) is 0 Å². The lowest BCUT2D eigenvalue weighted by atomic mass is 9.99. The fraction of sp³-hybridized carbons (Fsp3) is 0.400. The number of carboxylic acids is 1. The van der Waals surface area contributed by atoms with Gasteiger partial charge in [-0.2, -0.15) is 11.8 Å². The molecule has 0 spiro atoms. The molecule has 1 aromatic heterocycles. The summed E-state index contributed by atoms with van der Waals surface area (Å²) in [7, 11) is 0. The van der Waals surface area contributed by atoms with Gasteiger partial charge in [0, 0.05) is 5.75 Å². The van der Waals surface area contributed by atoms with Gasteiger partial charge in [-0.1, -0.05) is 11.6 Å². The molecule has 1 atom stereocenters. The van der Waals surface area contributed by atoms with Crippen LogP contribution >= 0.6 is 23.4 Å². The van der Waals surface area contributed by atoms with E-state index < -0.39 is 17.4 Å². The summed E-state index contributed by atoms with van der Waals surface area (Å²) in [6.07, 6.45) is 2.95. The molecule has 1 aliphatic heterocycles. The van der Waals surface area contributed by atoms with Gasteiger partial charge in [0.15, 0.2) is 0 Å². The summed E-state index contributed by atoms with van der Waals surface area (Å²) in [6.45, 7) is 0. The number of hydrogen-bond acceptors (Lipinski definition) is 5. The predicted octanol–water partition coefficient (Wildman–Crippen LogP) is 0.820. The van der Waals surface area contributed by atoms with E-state index in [-0.39, 0.29) is 10.8 Å². The standard InChI is InChI=1S/C10H10ClN3O3S/c11-7-4-12-3-6(13-7)8(15)14-10(9(16)17)1-2-18-5-10/h3-4H,1-2,5H2,(H,14,15)(H,16,17). The average Bonchev–Trinajstić information content (AvgIpc) is 2.79. The van der Waals surface area contributed by atoms with E-state index in [1.54, 1.807) is 0 Å². The number of aromatic nitrogens is 2. The Labute approximate surface area is 112 Å². The number of aliphatic carboxylic acids is 1. The summed E-state index contributed by atoms with van der Waals surface area (Å²) in [4.78, 5) is 30.7. The number of carbonyl (C=O) groups excluding carboxylic acids is 1. The van der Waals surface area contributed by atoms with Gasteiger partial charge in [-0.3, -0.25) is 9.78 Å². The molecule has 2 N–H and O–H groups in total. The van der Waals surface area contributed by atoms with E-state index in [9.17, 15) is 14.7 Å². The zero-order chi connectivity index (χ0) is 13.2. The first-order valence-electron chi connectivity index (χ1n) is 5.15. The SMILES string of the molecule is O=C(NC1(C(=O)O)CCSC1)c1cncc(Cl)n1. The van der Waals surface area contributed by atoms with Crippen LogP contribution in [-0.2, 0) is 4.79 Å². The first kappa shape index (κ1) is 13.1. The van der Waals surface area contributed by atoms with Crippen LogP contribution in [0.2, 0.25) is 5.15 Å². The van der Waals surface area contributed by atoms with Gasteiger partial charge in [0.25, 0.3) is 5.91 Å². The Balaban J connectivity index is 2.18. The zero-order valence-electron chi connectivity index (χ0n) is 9.22. The molecular formula is C10H10ClN3O3S. The van der Waals surface area contributed by atoms with Crippen LogP contribution in [0.25, 0.3) is 0 Å². The Bertz CT molecular complexity index is 491. The number of nitrogens with zero attached hydrogens (tertiary/aromatic N) is 2. The first-order valence-corrected chi connectivity index (χ1v) is 6.68. The van der Waals surface area contributed by atoms with Crippen molar-refractivity contribution in [3.8, 4) is 0 Å². The van der Waals surface area contributed by atoms with Crippen LogP contribution in [0.5, 0.6) is 0 Å². The molecule has 1 unspecified atom stereocenters. The normalized spacial score (nSPS) is 22.7. The maximum atomic E-state index is 11.9. The monoisotopic (exact) mass is 287 g/mol. The molecule has 0 saturated carbocycles. The minimum Gasteiger partial charge on any atom is -0.479 e. The number of rotatable bonds is 3. The Morgan fingerprint density at radius 1 is 1.50 bits per heavy atom. The molecule has 1 aliphatic rings. The fourth-order valence-corrected chi connectivity index (χ4v) is 3.09. The zero-order valence-corrected chi connectivity index (χ0v) is 10.8. The number of nitrogens with one attached hydrogen (secondary N) is 1. The van der Waals surface area contributed by atoms with Crippen LogP contribution in [0.1, 0.15) is 16.9 Å². The van der Waals surface area contributed by atoms with Gasteiger partial charge >= 0.3 is 5.97 Å². The summed E-state index contributed by atoms with van der Waals surface area (Å²) in [5.74, 6) is -0.554. The lowest BCUT2D eigenvalue weighted by molar-refractivity contribution is -0.143. The molecule has 0 radical (unpaired) electrons. The van der Waals surface area contributed by atoms with Gasteiger partial charge in [0.1, 0.15) is 16.4 Å². The number of hydrogen-bond donors (Lipinski definition) is 2. The van der Waals surface area contributed by atoms with Crippen molar-refractivity contribution in [1.29, 1.82) is 0 Å². The van der Waals surface area contributed by atoms with Crippen molar-refractivity contribution in [3.05, 3.63) is 23.2 Å². The second kappa shape index (κ2) is 5.11. The summed E-state index contributed by atoms with van der Waals surface area (Å²) >= 11 is 7.12. The molecule has 0 aromatic carbocycles. The second-order valence-electron chi connectivity index (χ2n) is 3.87. The molecule has 1 fully saturated rings. The average molecular weight is 288 g/mol. The van der Waals surface area contributed by atoms with E-state index in [4.69, 9.17) is 11.6 Å². The largest absolute Gasteiger partial charge is 0.479 e. The summed E-state index contributed by atoms with van der Waals surface area (Å²) in [5.41, 5.74) is -1.20. The van der Waals surface area contributed by atoms with E-state index in [1.165, 1.54) is 24.2 Å². The highest BCUT2D eigenvalue weighted by Gasteiger charge is 2.43. The summed E-state index contributed by atoms with van der Waals surface area (Å²) < 4.78 is 0. The molecule has 1 saturated heterocycles. The smallest absolute Gasteiger partial charge is 0.330 e. The van der Waals surface area contributed by atoms with E-state index >= 15 is 0 Å². The Morgan fingerprint density at radius 2 is 2.28 bits per heavy atom. The molecule has 6 nitrogen and oxygen atoms in total. The van der Waals surface area contributed by atoms with E-state index in [1.807, 2.05) is 0 Å². The quantitative estimate of drug-likeness (QED) is 0.855. The van der Waals surface area contributed by atoms with Crippen molar-refractivity contribution < 1.29 is 14.7 Å². The van der Waals surface area contributed by atoms with Crippen molar-refractivity contribution in [2.24, 2.45) is 0 Å². The van der Waals surface area contributed by atoms with Crippen molar-refractivity contribution in [1.82, 2.24) is 15.3 Å². The molecular weight excluding hydrogens is 278 g/mol. The number of carbonyl (C=O) groups is 2. The molecule has 96 valence electrons. The van der Waals surface area contributed by atoms with Gasteiger partial charge in [-0.25, -0.2) is 9.78 Å². The lowest BCUT2D eigenvalue weighted by Crippen LogP contribution is -2.54. The van der Waals surface area contributed by atoms with E-state index in [0.29, 0.717) is 17.9 Å². The molecule has 1 aromatic rings. The van der Waals surface area contributed by atoms with Gasteiger partial charge < -0.3 is 10.4 Å². The second-order valence-corrected chi connectivity index (χ2v) is 5.36. The Kier molecular flexibility index (Phi) is 3.72. The van der Waals surface area contributed by atoms with Crippen LogP contribution in [-0.4, -0.2) is 44.0 Å². The van der Waals surface area contributed by atoms with Crippen molar-refractivity contribution >= 4 is 35.2 Å². The Morgan fingerprint density at radius 3 is 2.83 bits per heavy atom. The number of halogens is 1. The highest BCUT2D eigenvalue weighted by atomic mass is 35.5. The number of amides is 1. The minimum absolute atomic E-state index is 0.0139. The fourth-order valence-electron chi connectivity index (χ4n) is 1.62. The van der Waals surface area contributed by atoms with Crippen LogP contribution in [0, 0.1) is 0 Å². The highest BCUT2D eigenvalue weighted by molar-refractivity contribution is 7.99. The third kappa shape index (κ3) is 2.56. The Hall–Kier alpha value is -1.34. The molecule has 0 aliphatic carbocycles. The van der Waals surface area contributed by atoms with Gasteiger partial charge in [-0.05, 0) is 12.2 Å². The molecule has 8 heteroatoms. The molecule has 2 rings (SSSR count). The van der Waals surface area contributed by atoms with Crippen LogP contribution in [0.3, 0.4) is 0 Å². The van der Waals surface area contributed by atoms with Crippen molar-refractivity contribution in [2.45, 2.75) is 12.0 Å². The minimum atomic E-state index is -1.22. The van der Waals surface area contributed by atoms with Gasteiger partial charge in [0.2, 0.25) is 0 Å². The molecule has 2 heterocycles. The third-order valence-corrected chi connectivity index (χ3v) is 3.99. The molecule has 18 heavy (non-hydrogen) atoms. The predicted molar refractivity (Wildman–Crippen MR) is 66.8 cm³/mol. The maximum Gasteiger partial charge on any atom is 0.330 e. The van der Waals surface area contributed by atoms with Crippen LogP contribution in [0.15, 0.2) is 12.4 Å². The van der Waals surface area contributed by atoms with Crippen molar-refractivity contribution in [2.75, 3.05) is 11.5 Å². The molecule has 1 amide bonds. The van der Waals surface area contributed by atoms with Crippen LogP contribution < -0.4 is 5.32 Å². The van der Waals surface area contributed by atoms with E-state index in [2.05, 4.69) is 15.3 Å². The third-order valence-electron chi connectivity index (χ3n) is 2.62. The topological polar surface area (TPSA) is 92.2 Å². The number of thioether (sulfide) groups is 1.